The molecule has 162 valence electrons. The van der Waals surface area contributed by atoms with Gasteiger partial charge in [-0.2, -0.15) is 0 Å². The van der Waals surface area contributed by atoms with Gasteiger partial charge in [-0.3, -0.25) is 9.59 Å². The summed E-state index contributed by atoms with van der Waals surface area (Å²) in [6.07, 6.45) is 0. The molecule has 0 bridgehead atoms. The Morgan fingerprint density at radius 2 is 1.06 bits per heavy atom. The first-order valence-corrected chi connectivity index (χ1v) is 10.9. The summed E-state index contributed by atoms with van der Waals surface area (Å²) in [6.45, 7) is 12.6. The summed E-state index contributed by atoms with van der Waals surface area (Å²) in [5, 5.41) is 1.70. The topological polar surface area (TPSA) is 60.4 Å². The quantitative estimate of drug-likeness (QED) is 0.202. The van der Waals surface area contributed by atoms with Crippen LogP contribution in [-0.2, 0) is 10.8 Å². The van der Waals surface area contributed by atoms with Gasteiger partial charge in [-0.05, 0) is 58.4 Å². The minimum absolute atomic E-state index is 0.0935. The zero-order valence-corrected chi connectivity index (χ0v) is 19.3. The molecule has 4 nitrogen and oxygen atoms in total. The van der Waals surface area contributed by atoms with E-state index in [4.69, 9.17) is 8.83 Å². The van der Waals surface area contributed by atoms with Crippen LogP contribution in [0, 0.1) is 0 Å². The van der Waals surface area contributed by atoms with E-state index in [1.54, 1.807) is 12.1 Å². The van der Waals surface area contributed by atoms with Crippen LogP contribution in [0.4, 0.5) is 0 Å². The molecule has 3 aromatic carbocycles. The van der Waals surface area contributed by atoms with E-state index in [1.807, 2.05) is 36.4 Å². The molecule has 0 fully saturated rings. The van der Waals surface area contributed by atoms with Crippen LogP contribution in [0.3, 0.4) is 0 Å². The predicted octanol–water partition coefficient (Wildman–Crippen LogP) is 6.80. The molecule has 0 aliphatic carbocycles. The number of rotatable bonds is 0. The minimum atomic E-state index is -0.188. The van der Waals surface area contributed by atoms with Crippen LogP contribution in [0.15, 0.2) is 67.0 Å². The van der Waals surface area contributed by atoms with Gasteiger partial charge in [0.15, 0.2) is 5.58 Å². The average Bonchev–Trinajstić information content (AvgIpc) is 2.72. The van der Waals surface area contributed by atoms with Crippen LogP contribution in [0.2, 0.25) is 0 Å². The predicted molar refractivity (Wildman–Crippen MR) is 131 cm³/mol. The summed E-state index contributed by atoms with van der Waals surface area (Å²) in [6, 6.07) is 14.8. The van der Waals surface area contributed by atoms with Crippen molar-refractivity contribution >= 4 is 43.9 Å². The summed E-state index contributed by atoms with van der Waals surface area (Å²) in [5.41, 5.74) is 3.23. The second-order valence-corrected chi connectivity index (χ2v) is 10.6. The maximum Gasteiger partial charge on any atom is 0.204 e. The van der Waals surface area contributed by atoms with Gasteiger partial charge < -0.3 is 8.83 Å². The summed E-state index contributed by atoms with van der Waals surface area (Å²) in [7, 11) is 0. The van der Waals surface area contributed by atoms with Gasteiger partial charge in [-0.25, -0.2) is 0 Å². The first-order chi connectivity index (χ1) is 14.9. The van der Waals surface area contributed by atoms with Crippen molar-refractivity contribution in [2.24, 2.45) is 0 Å². The Bertz CT molecular complexity index is 1670. The lowest BCUT2D eigenvalue weighted by atomic mass is 9.86. The Hall–Kier alpha value is -3.40. The first-order valence-electron chi connectivity index (χ1n) is 10.9. The number of benzene rings is 3. The molecule has 0 spiro atoms. The van der Waals surface area contributed by atoms with Gasteiger partial charge in [0.25, 0.3) is 0 Å². The zero-order valence-electron chi connectivity index (χ0n) is 19.3. The molecule has 5 aromatic rings. The smallest absolute Gasteiger partial charge is 0.204 e. The van der Waals surface area contributed by atoms with Crippen molar-refractivity contribution in [2.45, 2.75) is 52.4 Å². The fourth-order valence-electron chi connectivity index (χ4n) is 4.18. The van der Waals surface area contributed by atoms with Crippen LogP contribution in [0.1, 0.15) is 52.7 Å². The van der Waals surface area contributed by atoms with E-state index >= 15 is 0 Å². The third-order valence-electron chi connectivity index (χ3n) is 6.20. The third-order valence-corrected chi connectivity index (χ3v) is 6.20. The number of fused-ring (bicyclic) bond motifs is 5. The Morgan fingerprint density at radius 3 is 1.62 bits per heavy atom. The molecule has 0 saturated carbocycles. The maximum absolute atomic E-state index is 13.6. The summed E-state index contributed by atoms with van der Waals surface area (Å²) < 4.78 is 12.2. The van der Waals surface area contributed by atoms with E-state index < -0.39 is 0 Å². The standard InChI is InChI=1S/C28H26O4/c1-27(2,3)15-8-11-21-18(13-15)24(29)17-9-12-22-23(26(17)32-21)25(30)19-14-16(28(4,5)6)7-10-20(19)31-22/h7-14H,1-6H3. The highest BCUT2D eigenvalue weighted by Crippen LogP contribution is 2.31. The Morgan fingerprint density at radius 1 is 0.562 bits per heavy atom. The molecule has 0 aliphatic rings. The van der Waals surface area contributed by atoms with Crippen LogP contribution >= 0.6 is 0 Å². The third kappa shape index (κ3) is 3.05. The fourth-order valence-corrected chi connectivity index (χ4v) is 4.18. The Balaban J connectivity index is 1.92. The van der Waals surface area contributed by atoms with Gasteiger partial charge in [0.05, 0.1) is 16.2 Å². The summed E-state index contributed by atoms with van der Waals surface area (Å²) in [5.74, 6) is 0. The van der Waals surface area contributed by atoms with Crippen LogP contribution in [0.5, 0.6) is 0 Å². The van der Waals surface area contributed by atoms with Crippen molar-refractivity contribution in [1.82, 2.24) is 0 Å². The molecule has 0 saturated heterocycles. The molecule has 4 heteroatoms. The normalized spacial score (nSPS) is 12.9. The van der Waals surface area contributed by atoms with E-state index in [0.717, 1.165) is 11.1 Å². The molecule has 0 N–H and O–H groups in total. The van der Waals surface area contributed by atoms with E-state index in [0.29, 0.717) is 38.3 Å². The molecule has 0 atom stereocenters. The molecule has 32 heavy (non-hydrogen) atoms. The molecule has 2 aromatic heterocycles. The van der Waals surface area contributed by atoms with Crippen molar-refractivity contribution in [3.63, 3.8) is 0 Å². The van der Waals surface area contributed by atoms with Gasteiger partial charge in [-0.15, -0.1) is 0 Å². The molecule has 0 aliphatic heterocycles. The van der Waals surface area contributed by atoms with Gasteiger partial charge in [-0.1, -0.05) is 53.7 Å². The lowest BCUT2D eigenvalue weighted by molar-refractivity contribution is 0.590. The average molecular weight is 427 g/mol. The van der Waals surface area contributed by atoms with Crippen molar-refractivity contribution < 1.29 is 8.83 Å². The van der Waals surface area contributed by atoms with Gasteiger partial charge >= 0.3 is 0 Å². The molecule has 5 rings (SSSR count). The highest BCUT2D eigenvalue weighted by molar-refractivity contribution is 6.07. The lowest BCUT2D eigenvalue weighted by Gasteiger charge is -2.19. The van der Waals surface area contributed by atoms with Gasteiger partial charge in [0, 0.05) is 0 Å². The molecule has 0 radical (unpaired) electrons. The first kappa shape index (κ1) is 20.5. The Kier molecular flexibility index (Phi) is 4.20. The van der Waals surface area contributed by atoms with E-state index in [1.165, 1.54) is 0 Å². The Labute approximate surface area is 185 Å². The lowest BCUT2D eigenvalue weighted by Crippen LogP contribution is -2.13. The van der Waals surface area contributed by atoms with Crippen LogP contribution in [-0.4, -0.2) is 0 Å². The monoisotopic (exact) mass is 426 g/mol. The van der Waals surface area contributed by atoms with Crippen molar-refractivity contribution in [2.75, 3.05) is 0 Å². The largest absolute Gasteiger partial charge is 0.456 e. The van der Waals surface area contributed by atoms with E-state index in [2.05, 4.69) is 41.5 Å². The van der Waals surface area contributed by atoms with E-state index in [9.17, 15) is 9.59 Å². The van der Waals surface area contributed by atoms with Crippen LogP contribution < -0.4 is 10.9 Å². The second kappa shape index (κ2) is 6.55. The zero-order chi connectivity index (χ0) is 23.0. The molecule has 0 unspecified atom stereocenters. The number of hydrogen-bond donors (Lipinski definition) is 0. The molecular weight excluding hydrogens is 400 g/mol. The molecule has 0 amide bonds. The van der Waals surface area contributed by atoms with Crippen molar-refractivity contribution in [1.29, 1.82) is 0 Å². The highest BCUT2D eigenvalue weighted by Gasteiger charge is 2.20. The number of hydrogen-bond acceptors (Lipinski definition) is 4. The molecule has 2 heterocycles. The highest BCUT2D eigenvalue weighted by atomic mass is 16.3. The van der Waals surface area contributed by atoms with E-state index in [-0.39, 0.29) is 27.3 Å². The van der Waals surface area contributed by atoms with Gasteiger partial charge in [0.2, 0.25) is 10.9 Å². The van der Waals surface area contributed by atoms with Crippen molar-refractivity contribution in [3.05, 3.63) is 80.1 Å². The molecular formula is C28H26O4. The second-order valence-electron chi connectivity index (χ2n) is 10.6. The summed E-state index contributed by atoms with van der Waals surface area (Å²) >= 11 is 0. The minimum Gasteiger partial charge on any atom is -0.456 e. The SMILES string of the molecule is CC(C)(C)c1ccc2oc3c(ccc4oc5ccc(C(C)(C)C)cc5c(=O)c43)c(=O)c2c1. The summed E-state index contributed by atoms with van der Waals surface area (Å²) in [4.78, 5) is 27.0. The van der Waals surface area contributed by atoms with Crippen LogP contribution in [0.25, 0.3) is 43.9 Å². The van der Waals surface area contributed by atoms with Crippen molar-refractivity contribution in [3.8, 4) is 0 Å². The van der Waals surface area contributed by atoms with Gasteiger partial charge in [0.1, 0.15) is 22.1 Å². The fraction of sp³-hybridized carbons (Fsp3) is 0.286. The maximum atomic E-state index is 13.6.